The molecular formula is C25H36O4. The van der Waals surface area contributed by atoms with E-state index in [1.54, 1.807) is 12.1 Å². The number of fused-ring (bicyclic) bond motifs is 1. The largest absolute Gasteiger partial charge is 0.427 e. The Morgan fingerprint density at radius 2 is 1.69 bits per heavy atom. The van der Waals surface area contributed by atoms with Gasteiger partial charge in [-0.15, -0.1) is 0 Å². The van der Waals surface area contributed by atoms with Crippen LogP contribution < -0.4 is 9.47 Å². The molecule has 0 unspecified atom stereocenters. The minimum Gasteiger partial charge on any atom is -0.427 e. The second-order valence-corrected chi connectivity index (χ2v) is 9.97. The fourth-order valence-electron chi connectivity index (χ4n) is 6.22. The lowest BCUT2D eigenvalue weighted by molar-refractivity contribution is -0.133. The molecule has 3 rings (SSSR count). The first-order valence-corrected chi connectivity index (χ1v) is 11.1. The summed E-state index contributed by atoms with van der Waals surface area (Å²) in [5.74, 6) is 2.35. The molecular weight excluding hydrogens is 364 g/mol. The zero-order chi connectivity index (χ0) is 21.4. The zero-order valence-electron chi connectivity index (χ0n) is 18.8. The number of benzene rings is 1. The molecule has 0 bridgehead atoms. The van der Waals surface area contributed by atoms with Crippen molar-refractivity contribution < 1.29 is 19.1 Å². The summed E-state index contributed by atoms with van der Waals surface area (Å²) >= 11 is 0. The minimum atomic E-state index is -0.345. The number of ether oxygens (including phenoxy) is 2. The van der Waals surface area contributed by atoms with Gasteiger partial charge in [0.2, 0.25) is 0 Å². The summed E-state index contributed by atoms with van der Waals surface area (Å²) in [5.41, 5.74) is 1.41. The Morgan fingerprint density at radius 1 is 1.00 bits per heavy atom. The molecule has 2 fully saturated rings. The third-order valence-corrected chi connectivity index (χ3v) is 8.21. The quantitative estimate of drug-likeness (QED) is 0.462. The van der Waals surface area contributed by atoms with E-state index < -0.39 is 0 Å². The van der Waals surface area contributed by atoms with Crippen LogP contribution in [0.25, 0.3) is 0 Å². The van der Waals surface area contributed by atoms with E-state index >= 15 is 0 Å². The lowest BCUT2D eigenvalue weighted by atomic mass is 9.45. The predicted octanol–water partition coefficient (Wildman–Crippen LogP) is 5.96. The Hall–Kier alpha value is -1.84. The van der Waals surface area contributed by atoms with E-state index in [1.165, 1.54) is 46.0 Å². The van der Waals surface area contributed by atoms with Crippen LogP contribution in [0.3, 0.4) is 0 Å². The summed E-state index contributed by atoms with van der Waals surface area (Å²) in [6.45, 7) is 12.5. The third kappa shape index (κ3) is 4.22. The van der Waals surface area contributed by atoms with Crippen molar-refractivity contribution in [1.29, 1.82) is 0 Å². The van der Waals surface area contributed by atoms with E-state index in [-0.39, 0.29) is 17.4 Å². The first kappa shape index (κ1) is 21.9. The maximum absolute atomic E-state index is 11.7. The molecule has 1 aromatic rings. The van der Waals surface area contributed by atoms with E-state index in [9.17, 15) is 9.59 Å². The molecule has 160 valence electrons. The topological polar surface area (TPSA) is 52.6 Å². The van der Waals surface area contributed by atoms with Gasteiger partial charge in [0.25, 0.3) is 0 Å². The van der Waals surface area contributed by atoms with Gasteiger partial charge in [-0.3, -0.25) is 9.59 Å². The average Bonchev–Trinajstić information content (AvgIpc) is 2.62. The van der Waals surface area contributed by atoms with Gasteiger partial charge in [-0.25, -0.2) is 0 Å². The van der Waals surface area contributed by atoms with Gasteiger partial charge in [-0.2, -0.15) is 0 Å². The van der Waals surface area contributed by atoms with Gasteiger partial charge in [0.15, 0.2) is 0 Å². The summed E-state index contributed by atoms with van der Waals surface area (Å²) in [7, 11) is 0. The fourth-order valence-corrected chi connectivity index (χ4v) is 6.22. The molecule has 2 saturated carbocycles. The molecule has 0 radical (unpaired) electrons. The van der Waals surface area contributed by atoms with Crippen molar-refractivity contribution in [3.05, 3.63) is 23.8 Å². The van der Waals surface area contributed by atoms with Crippen LogP contribution in [0.2, 0.25) is 0 Å². The van der Waals surface area contributed by atoms with Gasteiger partial charge >= 0.3 is 11.9 Å². The van der Waals surface area contributed by atoms with Crippen molar-refractivity contribution in [3.63, 3.8) is 0 Å². The van der Waals surface area contributed by atoms with Crippen molar-refractivity contribution >= 4 is 11.9 Å². The van der Waals surface area contributed by atoms with Crippen LogP contribution in [0.1, 0.15) is 79.2 Å². The lowest BCUT2D eigenvalue weighted by Crippen LogP contribution is -2.53. The smallest absolute Gasteiger partial charge is 0.308 e. The Labute approximate surface area is 175 Å². The molecule has 29 heavy (non-hydrogen) atoms. The fraction of sp³-hybridized carbons (Fsp3) is 0.680. The summed E-state index contributed by atoms with van der Waals surface area (Å²) in [6.07, 6.45) is 7.19. The molecule has 4 heteroatoms. The molecule has 0 N–H and O–H groups in total. The summed E-state index contributed by atoms with van der Waals surface area (Å²) in [6, 6.07) is 5.34. The summed E-state index contributed by atoms with van der Waals surface area (Å²) in [4.78, 5) is 23.1. The second-order valence-electron chi connectivity index (χ2n) is 9.97. The SMILES string of the molecule is CC(=O)Oc1ccc(OC(C)=O)c(C[C@@]2(C)[C@@H]3CCC[C@H](C)[C@@]3(C)CC[C@H]2C)c1. The highest BCUT2D eigenvalue weighted by Crippen LogP contribution is 2.62. The maximum Gasteiger partial charge on any atom is 0.308 e. The Bertz CT molecular complexity index is 785. The molecule has 0 spiro atoms. The molecule has 4 nitrogen and oxygen atoms in total. The number of carbonyl (C=O) groups is 2. The normalized spacial score (nSPS) is 34.2. The number of rotatable bonds is 4. The first-order valence-electron chi connectivity index (χ1n) is 11.1. The van der Waals surface area contributed by atoms with Gasteiger partial charge in [0.05, 0.1) is 0 Å². The second kappa shape index (κ2) is 8.12. The molecule has 0 aromatic heterocycles. The molecule has 0 amide bonds. The predicted molar refractivity (Wildman–Crippen MR) is 114 cm³/mol. The maximum atomic E-state index is 11.7. The molecule has 1 aromatic carbocycles. The van der Waals surface area contributed by atoms with Crippen molar-refractivity contribution in [2.45, 2.75) is 80.1 Å². The highest BCUT2D eigenvalue weighted by molar-refractivity contribution is 5.71. The standard InChI is InChI=1S/C25H36O4/c1-16-8-7-9-23-24(16,5)13-12-17(2)25(23,6)15-20-14-21(28-18(3)26)10-11-22(20)29-19(4)27/h10-11,14,16-17,23H,7-9,12-13,15H2,1-6H3/t16-,17+,23+,24+,25+/m0/s1. The lowest BCUT2D eigenvalue weighted by Gasteiger charge is -2.60. The first-order chi connectivity index (χ1) is 13.6. The van der Waals surface area contributed by atoms with Crippen molar-refractivity contribution in [2.75, 3.05) is 0 Å². The highest BCUT2D eigenvalue weighted by Gasteiger charge is 2.55. The Balaban J connectivity index is 2.00. The number of carbonyl (C=O) groups excluding carboxylic acids is 2. The number of hydrogen-bond donors (Lipinski definition) is 0. The van der Waals surface area contributed by atoms with Crippen LogP contribution in [0.5, 0.6) is 11.5 Å². The molecule has 5 atom stereocenters. The van der Waals surface area contributed by atoms with Crippen LogP contribution in [0, 0.1) is 28.6 Å². The van der Waals surface area contributed by atoms with Crippen LogP contribution >= 0.6 is 0 Å². The van der Waals surface area contributed by atoms with Crippen LogP contribution in [0.4, 0.5) is 0 Å². The Kier molecular flexibility index (Phi) is 6.12. The van der Waals surface area contributed by atoms with Gasteiger partial charge in [0.1, 0.15) is 11.5 Å². The zero-order valence-corrected chi connectivity index (χ0v) is 18.8. The number of hydrogen-bond acceptors (Lipinski definition) is 4. The van der Waals surface area contributed by atoms with Gasteiger partial charge < -0.3 is 9.47 Å². The van der Waals surface area contributed by atoms with Crippen molar-refractivity contribution in [1.82, 2.24) is 0 Å². The summed E-state index contributed by atoms with van der Waals surface area (Å²) in [5, 5.41) is 0. The van der Waals surface area contributed by atoms with Crippen LogP contribution in [-0.4, -0.2) is 11.9 Å². The van der Waals surface area contributed by atoms with E-state index in [4.69, 9.17) is 9.47 Å². The molecule has 0 heterocycles. The highest BCUT2D eigenvalue weighted by atomic mass is 16.5. The number of esters is 2. The van der Waals surface area contributed by atoms with E-state index in [0.29, 0.717) is 28.7 Å². The minimum absolute atomic E-state index is 0.103. The third-order valence-electron chi connectivity index (χ3n) is 8.21. The summed E-state index contributed by atoms with van der Waals surface area (Å²) < 4.78 is 10.9. The molecule has 2 aliphatic rings. The average molecular weight is 401 g/mol. The van der Waals surface area contributed by atoms with Crippen molar-refractivity contribution in [2.24, 2.45) is 28.6 Å². The van der Waals surface area contributed by atoms with Gasteiger partial charge in [-0.1, -0.05) is 40.5 Å². The molecule has 0 aliphatic heterocycles. The van der Waals surface area contributed by atoms with Crippen molar-refractivity contribution in [3.8, 4) is 11.5 Å². The van der Waals surface area contributed by atoms with E-state index in [1.807, 2.05) is 6.07 Å². The van der Waals surface area contributed by atoms with E-state index in [0.717, 1.165) is 17.9 Å². The van der Waals surface area contributed by atoms with Gasteiger partial charge in [0, 0.05) is 13.8 Å². The monoisotopic (exact) mass is 400 g/mol. The Morgan fingerprint density at radius 3 is 2.34 bits per heavy atom. The van der Waals surface area contributed by atoms with E-state index in [2.05, 4.69) is 27.7 Å². The molecule has 2 aliphatic carbocycles. The van der Waals surface area contributed by atoms with Gasteiger partial charge in [-0.05, 0) is 78.0 Å². The van der Waals surface area contributed by atoms with Crippen LogP contribution in [0.15, 0.2) is 18.2 Å². The van der Waals surface area contributed by atoms with Crippen LogP contribution in [-0.2, 0) is 16.0 Å². The molecule has 0 saturated heterocycles.